The van der Waals surface area contributed by atoms with Gasteiger partial charge in [-0.1, -0.05) is 48.5 Å². The molecule has 0 spiro atoms. The van der Waals surface area contributed by atoms with Crippen molar-refractivity contribution in [2.45, 2.75) is 12.5 Å². The summed E-state index contributed by atoms with van der Waals surface area (Å²) in [6, 6.07) is 17.1. The molecule has 20 heavy (non-hydrogen) atoms. The molecule has 3 heteroatoms. The van der Waals surface area contributed by atoms with Gasteiger partial charge in [0.1, 0.15) is 0 Å². The Morgan fingerprint density at radius 3 is 2.50 bits per heavy atom. The summed E-state index contributed by atoms with van der Waals surface area (Å²) in [5, 5.41) is 9.70. The van der Waals surface area contributed by atoms with Gasteiger partial charge in [0, 0.05) is 12.1 Å². The van der Waals surface area contributed by atoms with E-state index in [9.17, 15) is 9.90 Å². The fourth-order valence-corrected chi connectivity index (χ4v) is 2.80. The second-order valence-corrected chi connectivity index (χ2v) is 5.01. The van der Waals surface area contributed by atoms with Crippen LogP contribution in [-0.4, -0.2) is 29.1 Å². The van der Waals surface area contributed by atoms with Gasteiger partial charge >= 0.3 is 0 Å². The van der Waals surface area contributed by atoms with Crippen molar-refractivity contribution >= 4 is 5.91 Å². The highest BCUT2D eigenvalue weighted by atomic mass is 16.3. The lowest BCUT2D eigenvalue weighted by Crippen LogP contribution is -2.41. The van der Waals surface area contributed by atoms with Crippen LogP contribution in [0.4, 0.5) is 0 Å². The SMILES string of the molecule is O=C1c2ccccc2CCN1C(CO)c1ccccc1. The standard InChI is InChI=1S/C17H17NO2/c19-12-16(14-7-2-1-3-8-14)18-11-10-13-6-4-5-9-15(13)17(18)20/h1-9,16,19H,10-12H2. The molecule has 0 radical (unpaired) electrons. The third kappa shape index (κ3) is 2.21. The molecule has 2 aromatic carbocycles. The molecular formula is C17H17NO2. The maximum Gasteiger partial charge on any atom is 0.254 e. The number of rotatable bonds is 3. The molecular weight excluding hydrogens is 250 g/mol. The molecule has 1 heterocycles. The Bertz CT molecular complexity index is 609. The predicted molar refractivity (Wildman–Crippen MR) is 77.5 cm³/mol. The van der Waals surface area contributed by atoms with Crippen molar-refractivity contribution in [1.29, 1.82) is 0 Å². The minimum atomic E-state index is -0.267. The molecule has 3 rings (SSSR count). The average Bonchev–Trinajstić information content (AvgIpc) is 2.51. The van der Waals surface area contributed by atoms with Gasteiger partial charge in [-0.05, 0) is 23.6 Å². The predicted octanol–water partition coefficient (Wildman–Crippen LogP) is 2.42. The number of aliphatic hydroxyl groups is 1. The second kappa shape index (κ2) is 5.47. The molecule has 0 fully saturated rings. The molecule has 1 unspecified atom stereocenters. The van der Waals surface area contributed by atoms with Gasteiger partial charge in [-0.3, -0.25) is 4.79 Å². The van der Waals surface area contributed by atoms with Crippen molar-refractivity contribution in [2.24, 2.45) is 0 Å². The summed E-state index contributed by atoms with van der Waals surface area (Å²) in [4.78, 5) is 14.4. The van der Waals surface area contributed by atoms with Crippen molar-refractivity contribution in [1.82, 2.24) is 4.90 Å². The molecule has 1 N–H and O–H groups in total. The molecule has 3 nitrogen and oxygen atoms in total. The number of hydrogen-bond donors (Lipinski definition) is 1. The van der Waals surface area contributed by atoms with Gasteiger partial charge in [0.05, 0.1) is 12.6 Å². The lowest BCUT2D eigenvalue weighted by atomic mass is 9.96. The Kier molecular flexibility index (Phi) is 3.52. The molecule has 1 aliphatic rings. The van der Waals surface area contributed by atoms with Crippen molar-refractivity contribution < 1.29 is 9.90 Å². The van der Waals surface area contributed by atoms with Crippen LogP contribution in [0, 0.1) is 0 Å². The minimum absolute atomic E-state index is 0.00903. The van der Waals surface area contributed by atoms with Crippen LogP contribution in [0.15, 0.2) is 54.6 Å². The lowest BCUT2D eigenvalue weighted by Gasteiger charge is -2.34. The Morgan fingerprint density at radius 2 is 1.75 bits per heavy atom. The normalized spacial score (nSPS) is 15.8. The number of amides is 1. The third-order valence-corrected chi connectivity index (χ3v) is 3.86. The molecule has 0 aliphatic carbocycles. The van der Waals surface area contributed by atoms with Crippen LogP contribution in [0.3, 0.4) is 0 Å². The van der Waals surface area contributed by atoms with Crippen molar-refractivity contribution in [3.63, 3.8) is 0 Å². The molecule has 1 amide bonds. The molecule has 0 bridgehead atoms. The van der Waals surface area contributed by atoms with E-state index in [1.807, 2.05) is 54.6 Å². The topological polar surface area (TPSA) is 40.5 Å². The maximum absolute atomic E-state index is 12.6. The highest BCUT2D eigenvalue weighted by Crippen LogP contribution is 2.27. The molecule has 2 aromatic rings. The fourth-order valence-electron chi connectivity index (χ4n) is 2.80. The molecule has 0 aromatic heterocycles. The quantitative estimate of drug-likeness (QED) is 0.927. The summed E-state index contributed by atoms with van der Waals surface area (Å²) in [7, 11) is 0. The zero-order valence-electron chi connectivity index (χ0n) is 11.2. The van der Waals surface area contributed by atoms with E-state index in [0.29, 0.717) is 6.54 Å². The Morgan fingerprint density at radius 1 is 1.05 bits per heavy atom. The van der Waals surface area contributed by atoms with Crippen LogP contribution in [-0.2, 0) is 6.42 Å². The molecule has 1 atom stereocenters. The highest BCUT2D eigenvalue weighted by molar-refractivity contribution is 5.97. The van der Waals surface area contributed by atoms with E-state index in [-0.39, 0.29) is 18.6 Å². The van der Waals surface area contributed by atoms with Crippen LogP contribution in [0.1, 0.15) is 27.5 Å². The number of benzene rings is 2. The minimum Gasteiger partial charge on any atom is -0.394 e. The van der Waals surface area contributed by atoms with Gasteiger partial charge in [-0.2, -0.15) is 0 Å². The summed E-state index contributed by atoms with van der Waals surface area (Å²) in [5.41, 5.74) is 2.83. The Labute approximate surface area is 118 Å². The van der Waals surface area contributed by atoms with E-state index >= 15 is 0 Å². The summed E-state index contributed by atoms with van der Waals surface area (Å²) < 4.78 is 0. The first-order valence-electron chi connectivity index (χ1n) is 6.86. The monoisotopic (exact) mass is 267 g/mol. The number of carbonyl (C=O) groups is 1. The first-order valence-corrected chi connectivity index (χ1v) is 6.86. The van der Waals surface area contributed by atoms with Crippen LogP contribution in [0.25, 0.3) is 0 Å². The van der Waals surface area contributed by atoms with Crippen molar-refractivity contribution in [2.75, 3.05) is 13.2 Å². The number of fused-ring (bicyclic) bond motifs is 1. The number of carbonyl (C=O) groups excluding carboxylic acids is 1. The van der Waals surface area contributed by atoms with Crippen molar-refractivity contribution in [3.8, 4) is 0 Å². The summed E-state index contributed by atoms with van der Waals surface area (Å²) >= 11 is 0. The number of hydrogen-bond acceptors (Lipinski definition) is 2. The smallest absolute Gasteiger partial charge is 0.254 e. The van der Waals surface area contributed by atoms with E-state index in [2.05, 4.69) is 0 Å². The van der Waals surface area contributed by atoms with E-state index < -0.39 is 0 Å². The largest absolute Gasteiger partial charge is 0.394 e. The third-order valence-electron chi connectivity index (χ3n) is 3.86. The highest BCUT2D eigenvalue weighted by Gasteiger charge is 2.30. The van der Waals surface area contributed by atoms with Gasteiger partial charge in [-0.15, -0.1) is 0 Å². The summed E-state index contributed by atoms with van der Waals surface area (Å²) in [6.45, 7) is 0.591. The van der Waals surface area contributed by atoms with Crippen LogP contribution in [0.5, 0.6) is 0 Å². The number of nitrogens with zero attached hydrogens (tertiary/aromatic N) is 1. The van der Waals surface area contributed by atoms with E-state index in [0.717, 1.165) is 23.1 Å². The van der Waals surface area contributed by atoms with Gasteiger partial charge in [-0.25, -0.2) is 0 Å². The Hall–Kier alpha value is -2.13. The second-order valence-electron chi connectivity index (χ2n) is 5.01. The zero-order valence-corrected chi connectivity index (χ0v) is 11.2. The van der Waals surface area contributed by atoms with Gasteiger partial charge < -0.3 is 10.0 Å². The van der Waals surface area contributed by atoms with E-state index in [1.54, 1.807) is 4.90 Å². The van der Waals surface area contributed by atoms with Gasteiger partial charge in [0.2, 0.25) is 0 Å². The molecule has 0 saturated heterocycles. The molecule has 102 valence electrons. The van der Waals surface area contributed by atoms with Crippen molar-refractivity contribution in [3.05, 3.63) is 71.3 Å². The Balaban J connectivity index is 1.93. The molecule has 0 saturated carbocycles. The fraction of sp³-hybridized carbons (Fsp3) is 0.235. The van der Waals surface area contributed by atoms with Crippen LogP contribution < -0.4 is 0 Å². The maximum atomic E-state index is 12.6. The lowest BCUT2D eigenvalue weighted by molar-refractivity contribution is 0.0570. The first-order chi connectivity index (χ1) is 9.81. The summed E-state index contributed by atoms with van der Waals surface area (Å²) in [5.74, 6) is 0.00903. The zero-order chi connectivity index (χ0) is 13.9. The first kappa shape index (κ1) is 12.9. The van der Waals surface area contributed by atoms with E-state index in [1.165, 1.54) is 0 Å². The molecule has 1 aliphatic heterocycles. The van der Waals surface area contributed by atoms with Gasteiger partial charge in [0.15, 0.2) is 0 Å². The van der Waals surface area contributed by atoms with Crippen LogP contribution in [0.2, 0.25) is 0 Å². The average molecular weight is 267 g/mol. The summed E-state index contributed by atoms with van der Waals surface area (Å²) in [6.07, 6.45) is 0.839. The van der Waals surface area contributed by atoms with Crippen LogP contribution >= 0.6 is 0 Å². The number of aliphatic hydroxyl groups excluding tert-OH is 1. The van der Waals surface area contributed by atoms with E-state index in [4.69, 9.17) is 0 Å². The van der Waals surface area contributed by atoms with Gasteiger partial charge in [0.25, 0.3) is 5.91 Å².